The quantitative estimate of drug-likeness (QED) is 0.525. The third-order valence-corrected chi connectivity index (χ3v) is 8.43. The first-order valence-corrected chi connectivity index (χ1v) is 10.6. The average Bonchev–Trinajstić information content (AvgIpc) is 2.30. The highest BCUT2D eigenvalue weighted by Crippen LogP contribution is 2.25. The fourth-order valence-corrected chi connectivity index (χ4v) is 4.28. The van der Waals surface area contributed by atoms with Crippen molar-refractivity contribution in [3.05, 3.63) is 0 Å². The number of hydrogen-bond donors (Lipinski definition) is 0. The van der Waals surface area contributed by atoms with Crippen LogP contribution in [0.25, 0.3) is 0 Å². The molecule has 2 heteroatoms. The Labute approximate surface area is 124 Å². The number of rotatable bonds is 5. The van der Waals surface area contributed by atoms with Crippen LogP contribution >= 0.6 is 0 Å². The van der Waals surface area contributed by atoms with Gasteiger partial charge in [0, 0.05) is 6.61 Å². The van der Waals surface area contributed by atoms with E-state index in [0.29, 0.717) is 10.8 Å². The van der Waals surface area contributed by atoms with Gasteiger partial charge in [0.25, 0.3) is 0 Å². The summed E-state index contributed by atoms with van der Waals surface area (Å²) >= 11 is 0. The predicted octanol–water partition coefficient (Wildman–Crippen LogP) is 6.50. The molecule has 0 bridgehead atoms. The minimum absolute atomic E-state index is 0.317. The molecule has 0 N–H and O–H groups in total. The van der Waals surface area contributed by atoms with Gasteiger partial charge in [-0.25, -0.2) is 0 Å². The molecular weight excluding hydrogens is 248 g/mol. The molecule has 19 heavy (non-hydrogen) atoms. The van der Waals surface area contributed by atoms with Gasteiger partial charge in [-0.15, -0.1) is 0 Å². The van der Waals surface area contributed by atoms with Gasteiger partial charge in [-0.05, 0) is 29.0 Å². The van der Waals surface area contributed by atoms with Gasteiger partial charge in [0.1, 0.15) is 0 Å². The second-order valence-electron chi connectivity index (χ2n) is 8.01. The molecule has 0 aromatic heterocycles. The van der Waals surface area contributed by atoms with Crippen molar-refractivity contribution in [1.82, 2.24) is 0 Å². The lowest BCUT2D eigenvalue weighted by Gasteiger charge is -2.31. The van der Waals surface area contributed by atoms with Gasteiger partial charge in [-0.2, -0.15) is 0 Å². The topological polar surface area (TPSA) is 9.23 Å². The van der Waals surface area contributed by atoms with Gasteiger partial charge in [0.15, 0.2) is 8.32 Å². The Bertz CT molecular complexity index is 198. The van der Waals surface area contributed by atoms with Crippen molar-refractivity contribution in [2.45, 2.75) is 93.8 Å². The summed E-state index contributed by atoms with van der Waals surface area (Å²) in [5, 5.41) is 0. The van der Waals surface area contributed by atoms with E-state index in [-0.39, 0.29) is 0 Å². The fraction of sp³-hybridized carbons (Fsp3) is 1.00. The zero-order valence-electron chi connectivity index (χ0n) is 15.4. The van der Waals surface area contributed by atoms with E-state index in [1.165, 1.54) is 24.6 Å². The van der Waals surface area contributed by atoms with Crippen LogP contribution in [-0.2, 0) is 4.43 Å². The Morgan fingerprint density at radius 2 is 1.00 bits per heavy atom. The van der Waals surface area contributed by atoms with E-state index < -0.39 is 8.32 Å². The van der Waals surface area contributed by atoms with Gasteiger partial charge in [-0.1, -0.05) is 75.7 Å². The Morgan fingerprint density at radius 3 is 1.16 bits per heavy atom. The van der Waals surface area contributed by atoms with Crippen LogP contribution in [0.4, 0.5) is 0 Å². The van der Waals surface area contributed by atoms with E-state index in [9.17, 15) is 0 Å². The smallest absolute Gasteiger partial charge is 0.192 e. The molecular formula is C17H40OSi. The van der Waals surface area contributed by atoms with Crippen LogP contribution in [0.3, 0.4) is 0 Å². The molecule has 0 aliphatic carbocycles. The van der Waals surface area contributed by atoms with E-state index in [2.05, 4.69) is 69.2 Å². The van der Waals surface area contributed by atoms with Crippen LogP contribution in [0.2, 0.25) is 18.1 Å². The van der Waals surface area contributed by atoms with E-state index >= 15 is 0 Å². The minimum Gasteiger partial charge on any atom is -0.416 e. The fourth-order valence-electron chi connectivity index (χ4n) is 1.43. The summed E-state index contributed by atoms with van der Waals surface area (Å²) in [5.41, 5.74) is 0.859. The van der Waals surface area contributed by atoms with Crippen molar-refractivity contribution in [1.29, 1.82) is 0 Å². The van der Waals surface area contributed by atoms with Crippen molar-refractivity contribution in [3.8, 4) is 0 Å². The Balaban J connectivity index is 0. The Hall–Kier alpha value is 0.177. The second-order valence-corrected chi connectivity index (χ2v) is 12.8. The van der Waals surface area contributed by atoms with Crippen LogP contribution in [0.5, 0.6) is 0 Å². The molecule has 1 nitrogen and oxygen atoms in total. The maximum absolute atomic E-state index is 6.18. The summed E-state index contributed by atoms with van der Waals surface area (Å²) in [6.45, 7) is 23.4. The second kappa shape index (κ2) is 9.18. The molecule has 0 aliphatic rings. The highest BCUT2D eigenvalue weighted by molar-refractivity contribution is 6.73. The van der Waals surface area contributed by atoms with Crippen molar-refractivity contribution >= 4 is 8.32 Å². The number of hydrogen-bond acceptors (Lipinski definition) is 1. The molecule has 118 valence electrons. The highest BCUT2D eigenvalue weighted by atomic mass is 28.4. The normalized spacial score (nSPS) is 12.9. The molecule has 0 aliphatic heterocycles. The average molecular weight is 289 g/mol. The molecule has 0 amide bonds. The largest absolute Gasteiger partial charge is 0.416 e. The first kappa shape index (κ1) is 21.5. The van der Waals surface area contributed by atoms with Crippen molar-refractivity contribution < 1.29 is 4.43 Å². The van der Waals surface area contributed by atoms with Crippen molar-refractivity contribution in [3.63, 3.8) is 0 Å². The molecule has 0 radical (unpaired) electrons. The van der Waals surface area contributed by atoms with Gasteiger partial charge in [0.05, 0.1) is 0 Å². The summed E-state index contributed by atoms with van der Waals surface area (Å²) in [7, 11) is -1.33. The lowest BCUT2D eigenvalue weighted by Crippen LogP contribution is -2.38. The lowest BCUT2D eigenvalue weighted by molar-refractivity contribution is 0.186. The molecule has 0 aromatic carbocycles. The molecule has 0 fully saturated rings. The Kier molecular flexibility index (Phi) is 10.4. The van der Waals surface area contributed by atoms with E-state index in [1.807, 2.05) is 0 Å². The molecule has 0 saturated carbocycles. The van der Waals surface area contributed by atoms with Crippen LogP contribution in [0.1, 0.15) is 75.7 Å². The first-order valence-electron chi connectivity index (χ1n) is 8.09. The lowest BCUT2D eigenvalue weighted by atomic mass is 9.94. The zero-order chi connectivity index (χ0) is 15.7. The zero-order valence-corrected chi connectivity index (χ0v) is 16.4. The molecule has 0 saturated heterocycles. The van der Waals surface area contributed by atoms with Crippen molar-refractivity contribution in [2.75, 3.05) is 6.61 Å². The van der Waals surface area contributed by atoms with E-state index in [0.717, 1.165) is 6.61 Å². The summed E-state index contributed by atoms with van der Waals surface area (Å²) in [6.07, 6.45) is 1.27. The van der Waals surface area contributed by atoms with Crippen LogP contribution in [0.15, 0.2) is 0 Å². The maximum atomic E-state index is 6.18. The standard InChI is InChI=1S/C11H26OSi.C6H14/c1-7-13(8-2,9-3)12-10-11(4,5)6;1-5-6(2,3)4/h7-10H2,1-6H3;5H2,1-4H3. The maximum Gasteiger partial charge on any atom is 0.192 e. The van der Waals surface area contributed by atoms with E-state index in [4.69, 9.17) is 4.43 Å². The van der Waals surface area contributed by atoms with Crippen LogP contribution < -0.4 is 0 Å². The molecule has 0 spiro atoms. The predicted molar refractivity (Wildman–Crippen MR) is 92.4 cm³/mol. The Morgan fingerprint density at radius 1 is 0.684 bits per heavy atom. The summed E-state index contributed by atoms with van der Waals surface area (Å²) in [6, 6.07) is 3.78. The first-order chi connectivity index (χ1) is 8.45. The highest BCUT2D eigenvalue weighted by Gasteiger charge is 2.30. The SMILES string of the molecule is CCC(C)(C)C.CC[Si](CC)(CC)OCC(C)(C)C. The third kappa shape index (κ3) is 12.9. The molecule has 0 aromatic rings. The molecule has 0 atom stereocenters. The molecule has 0 rings (SSSR count). The van der Waals surface area contributed by atoms with Crippen LogP contribution in [-0.4, -0.2) is 14.9 Å². The van der Waals surface area contributed by atoms with Gasteiger partial charge in [-0.3, -0.25) is 0 Å². The third-order valence-electron chi connectivity index (χ3n) is 3.81. The summed E-state index contributed by atoms with van der Waals surface area (Å²) in [5.74, 6) is 0. The minimum atomic E-state index is -1.33. The van der Waals surface area contributed by atoms with E-state index in [1.54, 1.807) is 0 Å². The molecule has 0 unspecified atom stereocenters. The monoisotopic (exact) mass is 288 g/mol. The van der Waals surface area contributed by atoms with Gasteiger partial charge >= 0.3 is 0 Å². The summed E-state index contributed by atoms with van der Waals surface area (Å²) in [4.78, 5) is 0. The summed E-state index contributed by atoms with van der Waals surface area (Å²) < 4.78 is 6.18. The van der Waals surface area contributed by atoms with Gasteiger partial charge in [0.2, 0.25) is 0 Å². The van der Waals surface area contributed by atoms with Crippen molar-refractivity contribution in [2.24, 2.45) is 10.8 Å². The molecule has 0 heterocycles. The van der Waals surface area contributed by atoms with Gasteiger partial charge < -0.3 is 4.43 Å². The van der Waals surface area contributed by atoms with Crippen LogP contribution in [0, 0.1) is 10.8 Å².